The number of hydrogen-bond acceptors (Lipinski definition) is 5. The predicted molar refractivity (Wildman–Crippen MR) is 212 cm³/mol. The van der Waals surface area contributed by atoms with Crippen LogP contribution in [0.25, 0.3) is 0 Å². The number of unbranched alkanes of at least 4 members (excludes halogenated alkanes) is 30. The molecule has 0 spiro atoms. The summed E-state index contributed by atoms with van der Waals surface area (Å²) in [5.41, 5.74) is 0. The van der Waals surface area contributed by atoms with Crippen LogP contribution < -0.4 is 15.5 Å². The summed E-state index contributed by atoms with van der Waals surface area (Å²) in [6.45, 7) is 11.4. The Morgan fingerprint density at radius 1 is 0.320 bits per heavy atom. The third-order valence-electron chi connectivity index (χ3n) is 9.38. The van der Waals surface area contributed by atoms with Crippen LogP contribution in [-0.4, -0.2) is 25.0 Å². The Morgan fingerprint density at radius 2 is 0.500 bits per heavy atom. The van der Waals surface area contributed by atoms with E-state index in [4.69, 9.17) is 0 Å². The van der Waals surface area contributed by atoms with Gasteiger partial charge in [-0.25, -0.2) is 0 Å². The van der Waals surface area contributed by atoms with Gasteiger partial charge in [0, 0.05) is 11.9 Å². The van der Waals surface area contributed by atoms with Gasteiger partial charge in [-0.3, -0.25) is 0 Å². The molecule has 296 valence electrons. The van der Waals surface area contributed by atoms with E-state index in [0.717, 1.165) is 25.7 Å². The summed E-state index contributed by atoms with van der Waals surface area (Å²) >= 11 is 0. The van der Waals surface area contributed by atoms with Crippen LogP contribution >= 0.6 is 0 Å². The summed E-state index contributed by atoms with van der Waals surface area (Å²) in [6, 6.07) is 0. The zero-order valence-corrected chi connectivity index (χ0v) is 37.7. The molecule has 0 aromatic rings. The number of rotatable bonds is 38. The van der Waals surface area contributed by atoms with Crippen molar-refractivity contribution in [3.8, 4) is 0 Å². The standard InChI is InChI=1S/2C18H36O2.C8H19N.Zn/c2*1-2-3-4-5-6-7-8-9-10-11-12-13-14-15-16-17-18(19)20;1-3-5-7-9-8-6-4-2;/h2*2-17H2,1H3,(H,19,20);9H,3-8H2,1-2H3;/q;;;+2/p-2. The molecule has 0 rings (SSSR count). The van der Waals surface area contributed by atoms with Crippen molar-refractivity contribution in [2.45, 2.75) is 259 Å². The summed E-state index contributed by atoms with van der Waals surface area (Å²) in [7, 11) is 0. The molecule has 5 nitrogen and oxygen atoms in total. The zero-order chi connectivity index (χ0) is 36.7. The van der Waals surface area contributed by atoms with Crippen LogP contribution in [0.3, 0.4) is 0 Å². The van der Waals surface area contributed by atoms with Gasteiger partial charge in [-0.1, -0.05) is 220 Å². The normalized spacial score (nSPS) is 10.5. The van der Waals surface area contributed by atoms with Crippen molar-refractivity contribution in [3.63, 3.8) is 0 Å². The van der Waals surface area contributed by atoms with Crippen molar-refractivity contribution in [3.05, 3.63) is 0 Å². The second kappa shape index (κ2) is 55.3. The van der Waals surface area contributed by atoms with E-state index in [2.05, 4.69) is 33.0 Å². The molecule has 0 aromatic heterocycles. The van der Waals surface area contributed by atoms with Crippen LogP contribution in [0.5, 0.6) is 0 Å². The van der Waals surface area contributed by atoms with Gasteiger partial charge in [-0.05, 0) is 51.6 Å². The summed E-state index contributed by atoms with van der Waals surface area (Å²) in [5.74, 6) is -1.81. The van der Waals surface area contributed by atoms with Crippen molar-refractivity contribution < 1.29 is 39.3 Å². The minimum Gasteiger partial charge on any atom is -0.550 e. The molecule has 0 aliphatic heterocycles. The fourth-order valence-electron chi connectivity index (χ4n) is 6.01. The van der Waals surface area contributed by atoms with Gasteiger partial charge in [0.2, 0.25) is 0 Å². The minimum atomic E-state index is -0.903. The van der Waals surface area contributed by atoms with Crippen molar-refractivity contribution in [2.75, 3.05) is 13.1 Å². The minimum absolute atomic E-state index is 0. The van der Waals surface area contributed by atoms with E-state index in [-0.39, 0.29) is 32.3 Å². The van der Waals surface area contributed by atoms with Crippen LogP contribution in [0.4, 0.5) is 0 Å². The number of carbonyl (C=O) groups is 2. The molecule has 0 amide bonds. The average molecular weight is 762 g/mol. The molecule has 0 aliphatic carbocycles. The molecule has 0 aliphatic rings. The number of aliphatic carboxylic acids is 2. The second-order valence-corrected chi connectivity index (χ2v) is 14.6. The molecule has 50 heavy (non-hydrogen) atoms. The van der Waals surface area contributed by atoms with Crippen molar-refractivity contribution in [2.24, 2.45) is 0 Å². The average Bonchev–Trinajstić information content (AvgIpc) is 3.08. The molecule has 0 unspecified atom stereocenters. The number of carbonyl (C=O) groups excluding carboxylic acids is 2. The van der Waals surface area contributed by atoms with Crippen molar-refractivity contribution in [1.82, 2.24) is 5.32 Å². The fraction of sp³-hybridized carbons (Fsp3) is 0.955. The third kappa shape index (κ3) is 65.8. The third-order valence-corrected chi connectivity index (χ3v) is 9.38. The van der Waals surface area contributed by atoms with E-state index < -0.39 is 11.9 Å². The molecule has 0 bridgehead atoms. The van der Waals surface area contributed by atoms with Gasteiger partial charge in [-0.15, -0.1) is 0 Å². The maximum Gasteiger partial charge on any atom is 2.00 e. The molecule has 0 heterocycles. The number of carboxylic acid groups (broad SMARTS) is 2. The van der Waals surface area contributed by atoms with E-state index in [9.17, 15) is 19.8 Å². The number of carboxylic acids is 2. The SMILES string of the molecule is CCCCCCCCCCCCCCCCCC(=O)[O-].CCCCCCCCCCCCCCCCCC(=O)[O-].CCCCNCCCC.[Zn+2]. The van der Waals surface area contributed by atoms with Gasteiger partial charge >= 0.3 is 19.5 Å². The van der Waals surface area contributed by atoms with E-state index in [1.807, 2.05) is 0 Å². The van der Waals surface area contributed by atoms with E-state index in [1.165, 1.54) is 206 Å². The van der Waals surface area contributed by atoms with Crippen LogP contribution in [0.2, 0.25) is 0 Å². The summed E-state index contributed by atoms with van der Waals surface area (Å²) in [5, 5.41) is 23.8. The number of hydrogen-bond donors (Lipinski definition) is 1. The summed E-state index contributed by atoms with van der Waals surface area (Å²) in [4.78, 5) is 20.4. The van der Waals surface area contributed by atoms with E-state index in [1.54, 1.807) is 0 Å². The summed E-state index contributed by atoms with van der Waals surface area (Å²) in [6.07, 6.45) is 45.0. The molecule has 1 N–H and O–H groups in total. The molecular weight excluding hydrogens is 672 g/mol. The first kappa shape index (κ1) is 56.3. The Balaban J connectivity index is -0.000000336. The molecule has 0 fully saturated rings. The molecule has 0 radical (unpaired) electrons. The molecule has 0 atom stereocenters. The Morgan fingerprint density at radius 3 is 0.680 bits per heavy atom. The van der Waals surface area contributed by atoms with E-state index >= 15 is 0 Å². The predicted octanol–water partition coefficient (Wildman–Crippen LogP) is 12.2. The fourth-order valence-corrected chi connectivity index (χ4v) is 6.01. The van der Waals surface area contributed by atoms with Crippen LogP contribution in [0, 0.1) is 0 Å². The Bertz CT molecular complexity index is 555. The second-order valence-electron chi connectivity index (χ2n) is 14.6. The Hall–Kier alpha value is -0.477. The van der Waals surface area contributed by atoms with Crippen LogP contribution in [0.1, 0.15) is 259 Å². The first-order chi connectivity index (χ1) is 24.0. The quantitative estimate of drug-likeness (QED) is 0.0500. The Labute approximate surface area is 327 Å². The van der Waals surface area contributed by atoms with Gasteiger partial charge in [-0.2, -0.15) is 0 Å². The van der Waals surface area contributed by atoms with Gasteiger partial charge in [0.25, 0.3) is 0 Å². The zero-order valence-electron chi connectivity index (χ0n) is 34.7. The topological polar surface area (TPSA) is 92.3 Å². The molecule has 0 saturated heterocycles. The first-order valence-corrected chi connectivity index (χ1v) is 22.1. The molecule has 0 aromatic carbocycles. The van der Waals surface area contributed by atoms with Crippen molar-refractivity contribution >= 4 is 11.9 Å². The van der Waals surface area contributed by atoms with Gasteiger partial charge in [0.15, 0.2) is 0 Å². The first-order valence-electron chi connectivity index (χ1n) is 22.1. The molecular formula is C44H89NO4Zn. The van der Waals surface area contributed by atoms with Crippen LogP contribution in [-0.2, 0) is 29.1 Å². The summed E-state index contributed by atoms with van der Waals surface area (Å²) < 4.78 is 0. The Kier molecular flexibility index (Phi) is 62.2. The maximum absolute atomic E-state index is 10.2. The monoisotopic (exact) mass is 760 g/mol. The van der Waals surface area contributed by atoms with Gasteiger partial charge < -0.3 is 25.1 Å². The van der Waals surface area contributed by atoms with Crippen molar-refractivity contribution in [1.29, 1.82) is 0 Å². The van der Waals surface area contributed by atoms with E-state index in [0.29, 0.717) is 0 Å². The van der Waals surface area contributed by atoms with Crippen LogP contribution in [0.15, 0.2) is 0 Å². The maximum atomic E-state index is 10.2. The number of nitrogens with one attached hydrogen (secondary N) is 1. The molecule has 6 heteroatoms. The largest absolute Gasteiger partial charge is 2.00 e. The van der Waals surface area contributed by atoms with Gasteiger partial charge in [0.05, 0.1) is 0 Å². The smallest absolute Gasteiger partial charge is 0.550 e. The molecule has 0 saturated carbocycles. The van der Waals surface area contributed by atoms with Gasteiger partial charge in [0.1, 0.15) is 0 Å².